The molecular weight excluding hydrogens is 422 g/mol. The molecule has 0 spiro atoms. The number of ether oxygens (including phenoxy) is 1. The Bertz CT molecular complexity index is 973. The molecule has 0 aliphatic heterocycles. The number of carbonyl (C=O) groups is 2. The molecule has 0 saturated heterocycles. The van der Waals surface area contributed by atoms with E-state index in [1.54, 1.807) is 25.1 Å². The van der Waals surface area contributed by atoms with Crippen LogP contribution in [0, 0.1) is 19.3 Å². The highest BCUT2D eigenvalue weighted by Crippen LogP contribution is 2.24. The molecule has 0 atom stereocenters. The van der Waals surface area contributed by atoms with Gasteiger partial charge in [-0.05, 0) is 74.3 Å². The van der Waals surface area contributed by atoms with Crippen molar-refractivity contribution in [2.45, 2.75) is 53.9 Å². The Morgan fingerprint density at radius 1 is 1.03 bits per heavy atom. The van der Waals surface area contributed by atoms with Gasteiger partial charge in [0.15, 0.2) is 5.11 Å². The van der Waals surface area contributed by atoms with Crippen molar-refractivity contribution in [3.63, 3.8) is 0 Å². The van der Waals surface area contributed by atoms with Crippen LogP contribution in [0.1, 0.15) is 51.2 Å². The summed E-state index contributed by atoms with van der Waals surface area (Å²) in [7, 11) is 0. The van der Waals surface area contributed by atoms with Crippen LogP contribution >= 0.6 is 12.2 Å². The first-order valence-electron chi connectivity index (χ1n) is 10.8. The molecule has 32 heavy (non-hydrogen) atoms. The number of benzene rings is 2. The maximum atomic E-state index is 12.7. The minimum Gasteiger partial charge on any atom is -0.493 e. The van der Waals surface area contributed by atoms with E-state index in [4.69, 9.17) is 17.0 Å². The van der Waals surface area contributed by atoms with Crippen molar-refractivity contribution in [2.24, 2.45) is 5.41 Å². The Kier molecular flexibility index (Phi) is 9.20. The zero-order chi connectivity index (χ0) is 23.7. The number of hydrogen-bond acceptors (Lipinski definition) is 4. The average molecular weight is 456 g/mol. The van der Waals surface area contributed by atoms with Crippen LogP contribution in [0.15, 0.2) is 42.5 Å². The van der Waals surface area contributed by atoms with Crippen LogP contribution in [0.2, 0.25) is 0 Å². The molecule has 0 unspecified atom stereocenters. The molecule has 2 aromatic carbocycles. The van der Waals surface area contributed by atoms with Crippen LogP contribution in [-0.4, -0.2) is 23.5 Å². The first kappa shape index (κ1) is 25.3. The zero-order valence-electron chi connectivity index (χ0n) is 19.5. The molecule has 6 nitrogen and oxygen atoms in total. The minimum atomic E-state index is -0.603. The molecule has 0 aliphatic carbocycles. The lowest BCUT2D eigenvalue weighted by Gasteiger charge is -2.24. The second-order valence-corrected chi connectivity index (χ2v) is 8.90. The molecule has 2 rings (SSSR count). The van der Waals surface area contributed by atoms with E-state index in [0.717, 1.165) is 23.3 Å². The van der Waals surface area contributed by atoms with Gasteiger partial charge >= 0.3 is 0 Å². The molecule has 0 radical (unpaired) electrons. The van der Waals surface area contributed by atoms with Crippen molar-refractivity contribution in [1.29, 1.82) is 0 Å². The molecule has 0 aliphatic rings. The van der Waals surface area contributed by atoms with Gasteiger partial charge in [0, 0.05) is 23.2 Å². The van der Waals surface area contributed by atoms with Gasteiger partial charge in [0.2, 0.25) is 11.8 Å². The standard InChI is InChI=1S/C25H33N3O3S/c1-6-22(29)26-19-9-7-10-20(16-19)27-24(32)28-23(30)25(4,5)13-8-14-31-21-15-17(2)11-12-18(21)3/h7,9-12,15-16H,6,8,13-14H2,1-5H3,(H,26,29)(H2,27,28,30,32). The summed E-state index contributed by atoms with van der Waals surface area (Å²) in [5.74, 6) is 0.661. The molecule has 0 saturated carbocycles. The number of nitrogens with one attached hydrogen (secondary N) is 3. The summed E-state index contributed by atoms with van der Waals surface area (Å²) in [6.07, 6.45) is 1.80. The van der Waals surface area contributed by atoms with Crippen molar-refractivity contribution < 1.29 is 14.3 Å². The molecule has 172 valence electrons. The molecule has 7 heteroatoms. The van der Waals surface area contributed by atoms with Crippen molar-refractivity contribution >= 4 is 40.5 Å². The van der Waals surface area contributed by atoms with E-state index in [9.17, 15) is 9.59 Å². The number of aryl methyl sites for hydroxylation is 2. The van der Waals surface area contributed by atoms with Gasteiger partial charge < -0.3 is 20.7 Å². The summed E-state index contributed by atoms with van der Waals surface area (Å²) in [4.78, 5) is 24.3. The third-order valence-electron chi connectivity index (χ3n) is 5.11. The number of rotatable bonds is 9. The summed E-state index contributed by atoms with van der Waals surface area (Å²) in [6, 6.07) is 13.3. The molecule has 2 amide bonds. The van der Waals surface area contributed by atoms with Gasteiger partial charge in [0.1, 0.15) is 5.75 Å². The topological polar surface area (TPSA) is 79.5 Å². The van der Waals surface area contributed by atoms with E-state index in [-0.39, 0.29) is 16.9 Å². The smallest absolute Gasteiger partial charge is 0.231 e. The predicted octanol–water partition coefficient (Wildman–Crippen LogP) is 5.35. The fraction of sp³-hybridized carbons (Fsp3) is 0.400. The third-order valence-corrected chi connectivity index (χ3v) is 5.32. The molecule has 0 fully saturated rings. The first-order chi connectivity index (χ1) is 15.1. The first-order valence-corrected chi connectivity index (χ1v) is 11.2. The average Bonchev–Trinajstić information content (AvgIpc) is 2.73. The Balaban J connectivity index is 1.82. The highest BCUT2D eigenvalue weighted by Gasteiger charge is 2.27. The quantitative estimate of drug-likeness (QED) is 0.351. The fourth-order valence-electron chi connectivity index (χ4n) is 3.03. The Hall–Kier alpha value is -2.93. The van der Waals surface area contributed by atoms with Crippen molar-refractivity contribution in [2.75, 3.05) is 17.2 Å². The molecule has 0 aromatic heterocycles. The van der Waals surface area contributed by atoms with E-state index < -0.39 is 5.41 Å². The Morgan fingerprint density at radius 2 is 1.72 bits per heavy atom. The normalized spacial score (nSPS) is 10.9. The summed E-state index contributed by atoms with van der Waals surface area (Å²) in [5.41, 5.74) is 3.00. The van der Waals surface area contributed by atoms with Crippen molar-refractivity contribution in [3.05, 3.63) is 53.6 Å². The number of thiocarbonyl (C=S) groups is 1. The van der Waals surface area contributed by atoms with E-state index in [1.165, 1.54) is 0 Å². The van der Waals surface area contributed by atoms with E-state index in [1.807, 2.05) is 45.9 Å². The predicted molar refractivity (Wildman–Crippen MR) is 134 cm³/mol. The Morgan fingerprint density at radius 3 is 2.41 bits per heavy atom. The summed E-state index contributed by atoms with van der Waals surface area (Å²) in [5, 5.41) is 8.78. The zero-order valence-corrected chi connectivity index (χ0v) is 20.3. The Labute approximate surface area is 196 Å². The lowest BCUT2D eigenvalue weighted by molar-refractivity contribution is -0.128. The maximum Gasteiger partial charge on any atom is 0.231 e. The van der Waals surface area contributed by atoms with Crippen LogP contribution in [0.25, 0.3) is 0 Å². The number of anilines is 2. The van der Waals surface area contributed by atoms with Crippen molar-refractivity contribution in [1.82, 2.24) is 5.32 Å². The van der Waals surface area contributed by atoms with E-state index in [0.29, 0.717) is 30.8 Å². The lowest BCUT2D eigenvalue weighted by atomic mass is 9.87. The molecular formula is C25H33N3O3S. The van der Waals surface area contributed by atoms with Gasteiger partial charge in [-0.2, -0.15) is 0 Å². The van der Waals surface area contributed by atoms with Crippen molar-refractivity contribution in [3.8, 4) is 5.75 Å². The van der Waals surface area contributed by atoms with E-state index >= 15 is 0 Å². The monoisotopic (exact) mass is 455 g/mol. The fourth-order valence-corrected chi connectivity index (χ4v) is 3.24. The molecule has 2 aromatic rings. The maximum absolute atomic E-state index is 12.7. The molecule has 3 N–H and O–H groups in total. The van der Waals surface area contributed by atoms with Crippen LogP contribution in [0.3, 0.4) is 0 Å². The molecule has 0 bridgehead atoms. The number of carbonyl (C=O) groups excluding carboxylic acids is 2. The van der Waals surface area contributed by atoms with Crippen LogP contribution in [0.5, 0.6) is 5.75 Å². The largest absolute Gasteiger partial charge is 0.493 e. The van der Waals surface area contributed by atoms with Gasteiger partial charge in [-0.25, -0.2) is 0 Å². The SMILES string of the molecule is CCC(=O)Nc1cccc(NC(=S)NC(=O)C(C)(C)CCCOc2cc(C)ccc2C)c1. The summed E-state index contributed by atoms with van der Waals surface area (Å²) >= 11 is 5.31. The summed E-state index contributed by atoms with van der Waals surface area (Å²) < 4.78 is 5.90. The summed E-state index contributed by atoms with van der Waals surface area (Å²) in [6.45, 7) is 10.2. The minimum absolute atomic E-state index is 0.0682. The van der Waals surface area contributed by atoms with Crippen LogP contribution in [-0.2, 0) is 9.59 Å². The van der Waals surface area contributed by atoms with Gasteiger partial charge in [-0.1, -0.05) is 39.0 Å². The van der Waals surface area contributed by atoms with E-state index in [2.05, 4.69) is 22.0 Å². The number of hydrogen-bond donors (Lipinski definition) is 3. The highest BCUT2D eigenvalue weighted by atomic mass is 32.1. The van der Waals surface area contributed by atoms with Gasteiger partial charge in [0.05, 0.1) is 6.61 Å². The van der Waals surface area contributed by atoms with Gasteiger partial charge in [-0.15, -0.1) is 0 Å². The second-order valence-electron chi connectivity index (χ2n) is 8.50. The molecule has 0 heterocycles. The van der Waals surface area contributed by atoms with Gasteiger partial charge in [-0.3, -0.25) is 9.59 Å². The third kappa shape index (κ3) is 7.96. The van der Waals surface area contributed by atoms with Gasteiger partial charge in [0.25, 0.3) is 0 Å². The number of amides is 2. The van der Waals surface area contributed by atoms with Crippen LogP contribution in [0.4, 0.5) is 11.4 Å². The van der Waals surface area contributed by atoms with Crippen LogP contribution < -0.4 is 20.7 Å². The second kappa shape index (κ2) is 11.6. The highest BCUT2D eigenvalue weighted by molar-refractivity contribution is 7.80. The lowest BCUT2D eigenvalue weighted by Crippen LogP contribution is -2.42.